The molecule has 1 aromatic heterocycles. The fraction of sp³-hybridized carbons (Fsp3) is 0. The molecular weight excluding hydrogens is 170 g/mol. The van der Waals surface area contributed by atoms with E-state index in [0.717, 1.165) is 21.6 Å². The number of phenols is 1. The lowest BCUT2D eigenvalue weighted by atomic mass is 10.2. The smallest absolute Gasteiger partial charge is 0.132 e. The summed E-state index contributed by atoms with van der Waals surface area (Å²) in [5.74, 6) is 0.404. The average molecular weight is 175 g/mol. The number of phenolic OH excluding ortho intramolecular Hbond substituents is 1. The Morgan fingerprint density at radius 3 is 2.92 bits per heavy atom. The van der Waals surface area contributed by atoms with Crippen molar-refractivity contribution in [2.75, 3.05) is 0 Å². The van der Waals surface area contributed by atoms with Crippen molar-refractivity contribution in [1.82, 2.24) is 4.37 Å². The third-order valence-electron chi connectivity index (χ3n) is 2.14. The average Bonchev–Trinajstić information content (AvgIpc) is 2.57. The van der Waals surface area contributed by atoms with Gasteiger partial charge in [0.1, 0.15) is 5.75 Å². The third kappa shape index (κ3) is 0.539. The predicted molar refractivity (Wildman–Crippen MR) is 48.2 cm³/mol. The summed E-state index contributed by atoms with van der Waals surface area (Å²) in [5, 5.41) is 9.66. The normalized spacial score (nSPS) is 11.7. The van der Waals surface area contributed by atoms with Gasteiger partial charge in [-0.1, -0.05) is 12.1 Å². The van der Waals surface area contributed by atoms with Crippen molar-refractivity contribution in [2.45, 2.75) is 0 Å². The highest BCUT2D eigenvalue weighted by Gasteiger charge is 2.24. The van der Waals surface area contributed by atoms with Crippen LogP contribution in [0.2, 0.25) is 0 Å². The number of para-hydroxylation sites is 1. The van der Waals surface area contributed by atoms with Crippen molar-refractivity contribution < 1.29 is 5.11 Å². The Hall–Kier alpha value is -1.35. The van der Waals surface area contributed by atoms with Gasteiger partial charge in [0.2, 0.25) is 0 Å². The van der Waals surface area contributed by atoms with Crippen LogP contribution in [0.5, 0.6) is 5.75 Å². The van der Waals surface area contributed by atoms with Gasteiger partial charge in [0.15, 0.2) is 0 Å². The SMILES string of the molecule is Oc1c2cccc1-c1sncc1-2. The Labute approximate surface area is 73.3 Å². The van der Waals surface area contributed by atoms with E-state index in [4.69, 9.17) is 0 Å². The van der Waals surface area contributed by atoms with Crippen molar-refractivity contribution >= 4 is 11.5 Å². The van der Waals surface area contributed by atoms with Crippen molar-refractivity contribution in [1.29, 1.82) is 0 Å². The number of benzene rings is 1. The molecule has 1 heterocycles. The number of aromatic hydroxyl groups is 1. The second-order valence-electron chi connectivity index (χ2n) is 2.77. The maximum absolute atomic E-state index is 9.66. The number of aromatic nitrogens is 1. The first-order valence-corrected chi connectivity index (χ1v) is 4.42. The molecule has 0 aliphatic heterocycles. The molecule has 0 amide bonds. The summed E-state index contributed by atoms with van der Waals surface area (Å²) in [6.45, 7) is 0. The standard InChI is InChI=1S/C9H5NOS/c11-8-5-2-1-3-6(8)9-7(5)4-10-12-9/h1-4,11H. The van der Waals surface area contributed by atoms with Crippen molar-refractivity contribution in [3.63, 3.8) is 0 Å². The molecule has 2 nitrogen and oxygen atoms in total. The van der Waals surface area contributed by atoms with Gasteiger partial charge in [-0.05, 0) is 17.6 Å². The van der Waals surface area contributed by atoms with E-state index in [1.165, 1.54) is 11.5 Å². The maximum Gasteiger partial charge on any atom is 0.132 e. The molecule has 3 heteroatoms. The molecule has 58 valence electrons. The second kappa shape index (κ2) is 1.87. The molecule has 1 N–H and O–H groups in total. The molecule has 0 unspecified atom stereocenters. The molecule has 1 aromatic carbocycles. The van der Waals surface area contributed by atoms with Gasteiger partial charge in [0, 0.05) is 22.9 Å². The first-order chi connectivity index (χ1) is 5.88. The van der Waals surface area contributed by atoms with E-state index in [2.05, 4.69) is 4.37 Å². The van der Waals surface area contributed by atoms with Crippen LogP contribution in [-0.2, 0) is 0 Å². The fourth-order valence-electron chi connectivity index (χ4n) is 1.57. The molecule has 1 aliphatic carbocycles. The van der Waals surface area contributed by atoms with Crippen molar-refractivity contribution in [3.8, 4) is 27.3 Å². The Kier molecular flexibility index (Phi) is 0.966. The zero-order valence-corrected chi connectivity index (χ0v) is 6.93. The molecule has 0 atom stereocenters. The Morgan fingerprint density at radius 1 is 1.17 bits per heavy atom. The number of fused-ring (bicyclic) bond motifs is 5. The van der Waals surface area contributed by atoms with E-state index >= 15 is 0 Å². The van der Waals surface area contributed by atoms with Crippen LogP contribution in [0.15, 0.2) is 24.4 Å². The van der Waals surface area contributed by atoms with Gasteiger partial charge in [-0.15, -0.1) is 0 Å². The minimum Gasteiger partial charge on any atom is -0.507 e. The van der Waals surface area contributed by atoms with E-state index in [-0.39, 0.29) is 0 Å². The highest BCUT2D eigenvalue weighted by Crippen LogP contribution is 2.50. The lowest BCUT2D eigenvalue weighted by Crippen LogP contribution is -1.68. The van der Waals surface area contributed by atoms with Crippen LogP contribution in [0.3, 0.4) is 0 Å². The molecule has 1 aliphatic rings. The summed E-state index contributed by atoms with van der Waals surface area (Å²) in [4.78, 5) is 1.09. The second-order valence-corrected chi connectivity index (χ2v) is 3.57. The van der Waals surface area contributed by atoms with E-state index in [1.807, 2.05) is 24.4 Å². The maximum atomic E-state index is 9.66. The first-order valence-electron chi connectivity index (χ1n) is 3.65. The molecule has 0 radical (unpaired) electrons. The zero-order chi connectivity index (χ0) is 8.13. The van der Waals surface area contributed by atoms with Crippen LogP contribution in [0.4, 0.5) is 0 Å². The first kappa shape index (κ1) is 6.20. The fourth-order valence-corrected chi connectivity index (χ4v) is 2.36. The number of nitrogens with zero attached hydrogens (tertiary/aromatic N) is 1. The summed E-state index contributed by atoms with van der Waals surface area (Å²) < 4.78 is 4.08. The van der Waals surface area contributed by atoms with Crippen LogP contribution in [0.25, 0.3) is 21.6 Å². The van der Waals surface area contributed by atoms with Crippen LogP contribution in [0.1, 0.15) is 0 Å². The quantitative estimate of drug-likeness (QED) is 0.569. The molecule has 12 heavy (non-hydrogen) atoms. The van der Waals surface area contributed by atoms with Gasteiger partial charge in [0.05, 0.1) is 4.88 Å². The Bertz CT molecular complexity index is 425. The highest BCUT2D eigenvalue weighted by atomic mass is 32.1. The number of hydrogen-bond acceptors (Lipinski definition) is 3. The predicted octanol–water partition coefficient (Wildman–Crippen LogP) is 2.50. The Morgan fingerprint density at radius 2 is 2.00 bits per heavy atom. The highest BCUT2D eigenvalue weighted by molar-refractivity contribution is 7.10. The van der Waals surface area contributed by atoms with E-state index < -0.39 is 0 Å². The summed E-state index contributed by atoms with van der Waals surface area (Å²) in [7, 11) is 0. The van der Waals surface area contributed by atoms with Gasteiger partial charge in [-0.2, -0.15) is 4.37 Å². The molecule has 2 aromatic rings. The summed E-state index contributed by atoms with van der Waals surface area (Å²) in [6, 6.07) is 5.79. The van der Waals surface area contributed by atoms with E-state index in [0.29, 0.717) is 5.75 Å². The molecule has 0 saturated heterocycles. The van der Waals surface area contributed by atoms with Crippen LogP contribution >= 0.6 is 11.5 Å². The lowest BCUT2D eigenvalue weighted by Gasteiger charge is -1.94. The van der Waals surface area contributed by atoms with Gasteiger partial charge >= 0.3 is 0 Å². The molecular formula is C9H5NOS. The lowest BCUT2D eigenvalue weighted by molar-refractivity contribution is 0.481. The van der Waals surface area contributed by atoms with Crippen molar-refractivity contribution in [2.24, 2.45) is 0 Å². The summed E-state index contributed by atoms with van der Waals surface area (Å²) in [6.07, 6.45) is 1.81. The molecule has 3 rings (SSSR count). The van der Waals surface area contributed by atoms with Gasteiger partial charge < -0.3 is 5.11 Å². The van der Waals surface area contributed by atoms with Gasteiger partial charge in [0.25, 0.3) is 0 Å². The largest absolute Gasteiger partial charge is 0.507 e. The molecule has 0 spiro atoms. The van der Waals surface area contributed by atoms with Crippen LogP contribution in [0, 0.1) is 0 Å². The summed E-state index contributed by atoms with van der Waals surface area (Å²) in [5.41, 5.74) is 2.90. The molecule has 2 bridgehead atoms. The number of rotatable bonds is 0. The Balaban J connectivity index is 2.52. The minimum absolute atomic E-state index is 0.404. The third-order valence-corrected chi connectivity index (χ3v) is 2.97. The monoisotopic (exact) mass is 175 g/mol. The zero-order valence-electron chi connectivity index (χ0n) is 6.11. The number of hydrogen-bond donors (Lipinski definition) is 1. The van der Waals surface area contributed by atoms with Crippen molar-refractivity contribution in [3.05, 3.63) is 24.4 Å². The van der Waals surface area contributed by atoms with Gasteiger partial charge in [-0.3, -0.25) is 0 Å². The molecule has 0 saturated carbocycles. The topological polar surface area (TPSA) is 33.1 Å². The van der Waals surface area contributed by atoms with Crippen LogP contribution < -0.4 is 0 Å². The van der Waals surface area contributed by atoms with Gasteiger partial charge in [-0.25, -0.2) is 0 Å². The van der Waals surface area contributed by atoms with E-state index in [1.54, 1.807) is 0 Å². The van der Waals surface area contributed by atoms with E-state index in [9.17, 15) is 5.11 Å². The van der Waals surface area contributed by atoms with Crippen LogP contribution in [-0.4, -0.2) is 9.48 Å². The minimum atomic E-state index is 0.404. The summed E-state index contributed by atoms with van der Waals surface area (Å²) >= 11 is 1.43. The molecule has 0 fully saturated rings.